The molecule has 0 aromatic carbocycles. The van der Waals surface area contributed by atoms with Gasteiger partial charge in [-0.25, -0.2) is 4.79 Å². The second kappa shape index (κ2) is 8.06. The SMILES string of the molecule is O=C(Cn1ccc(-c2cccs2)n1)N1CCC(N2CC3(CCCCC3)OC2=O)CC1. The van der Waals surface area contributed by atoms with Gasteiger partial charge in [0.2, 0.25) is 5.91 Å². The van der Waals surface area contributed by atoms with Gasteiger partial charge in [-0.2, -0.15) is 5.10 Å². The van der Waals surface area contributed by atoms with Crippen LogP contribution in [0.4, 0.5) is 4.79 Å². The van der Waals surface area contributed by atoms with Crippen molar-refractivity contribution in [3.63, 3.8) is 0 Å². The predicted octanol–water partition coefficient (Wildman–Crippen LogP) is 3.76. The molecule has 30 heavy (non-hydrogen) atoms. The van der Waals surface area contributed by atoms with Crippen LogP contribution in [0.1, 0.15) is 44.9 Å². The van der Waals surface area contributed by atoms with E-state index in [2.05, 4.69) is 5.10 Å². The van der Waals surface area contributed by atoms with Crippen LogP contribution >= 0.6 is 11.3 Å². The maximum atomic E-state index is 12.8. The zero-order valence-electron chi connectivity index (χ0n) is 17.2. The Labute approximate surface area is 180 Å². The van der Waals surface area contributed by atoms with Crippen molar-refractivity contribution in [2.45, 2.75) is 63.1 Å². The third-order valence-electron chi connectivity index (χ3n) is 6.73. The summed E-state index contributed by atoms with van der Waals surface area (Å²) in [6.45, 7) is 2.34. The number of rotatable bonds is 4. The number of amides is 2. The van der Waals surface area contributed by atoms with E-state index in [-0.39, 0.29) is 30.2 Å². The van der Waals surface area contributed by atoms with Gasteiger partial charge in [-0.3, -0.25) is 9.48 Å². The Bertz CT molecular complexity index is 895. The van der Waals surface area contributed by atoms with Gasteiger partial charge in [0, 0.05) is 25.3 Å². The van der Waals surface area contributed by atoms with Crippen LogP contribution in [0.15, 0.2) is 29.8 Å². The van der Waals surface area contributed by atoms with E-state index < -0.39 is 0 Å². The van der Waals surface area contributed by atoms with E-state index in [1.165, 1.54) is 6.42 Å². The predicted molar refractivity (Wildman–Crippen MR) is 114 cm³/mol. The fourth-order valence-corrected chi connectivity index (χ4v) is 5.75. The van der Waals surface area contributed by atoms with Crippen LogP contribution in [0, 0.1) is 0 Å². The highest BCUT2D eigenvalue weighted by atomic mass is 32.1. The number of hydrogen-bond donors (Lipinski definition) is 0. The van der Waals surface area contributed by atoms with Gasteiger partial charge in [0.05, 0.1) is 11.4 Å². The molecule has 0 atom stereocenters. The highest BCUT2D eigenvalue weighted by Crippen LogP contribution is 2.38. The first-order valence-corrected chi connectivity index (χ1v) is 11.8. The third kappa shape index (κ3) is 3.85. The van der Waals surface area contributed by atoms with Crippen molar-refractivity contribution >= 4 is 23.3 Å². The Morgan fingerprint density at radius 3 is 2.73 bits per heavy atom. The van der Waals surface area contributed by atoms with Crippen molar-refractivity contribution in [3.8, 4) is 10.6 Å². The van der Waals surface area contributed by atoms with E-state index in [1.54, 1.807) is 16.0 Å². The molecule has 0 unspecified atom stereocenters. The van der Waals surface area contributed by atoms with E-state index in [1.807, 2.05) is 39.6 Å². The van der Waals surface area contributed by atoms with Gasteiger partial charge in [0.1, 0.15) is 17.8 Å². The normalized spacial score (nSPS) is 21.9. The molecule has 2 aliphatic heterocycles. The molecule has 2 aromatic heterocycles. The Kier molecular flexibility index (Phi) is 5.26. The summed E-state index contributed by atoms with van der Waals surface area (Å²) in [6.07, 6.45) is 8.86. The Balaban J connectivity index is 1.14. The molecule has 160 valence electrons. The van der Waals surface area contributed by atoms with Crippen molar-refractivity contribution in [3.05, 3.63) is 29.8 Å². The molecule has 3 fully saturated rings. The van der Waals surface area contributed by atoms with Crippen molar-refractivity contribution in [1.29, 1.82) is 0 Å². The van der Waals surface area contributed by atoms with Crippen LogP contribution in [0.5, 0.6) is 0 Å². The molecule has 1 saturated carbocycles. The molecule has 2 amide bonds. The number of ether oxygens (including phenoxy) is 1. The molecule has 3 aliphatic rings. The molecule has 2 saturated heterocycles. The Hall–Kier alpha value is -2.35. The summed E-state index contributed by atoms with van der Waals surface area (Å²) in [4.78, 5) is 30.2. The first-order valence-electron chi connectivity index (χ1n) is 11.0. The second-order valence-corrected chi connectivity index (χ2v) is 9.68. The molecule has 0 radical (unpaired) electrons. The summed E-state index contributed by atoms with van der Waals surface area (Å²) < 4.78 is 7.55. The van der Waals surface area contributed by atoms with Crippen LogP contribution in [0.25, 0.3) is 10.6 Å². The summed E-state index contributed by atoms with van der Waals surface area (Å²) in [6, 6.07) is 6.16. The first kappa shape index (κ1) is 19.6. The van der Waals surface area contributed by atoms with Crippen LogP contribution < -0.4 is 0 Å². The molecule has 1 spiro atoms. The maximum Gasteiger partial charge on any atom is 0.410 e. The van der Waals surface area contributed by atoms with Crippen LogP contribution in [-0.2, 0) is 16.1 Å². The maximum absolute atomic E-state index is 12.8. The van der Waals surface area contributed by atoms with Gasteiger partial charge in [-0.1, -0.05) is 12.5 Å². The minimum Gasteiger partial charge on any atom is -0.441 e. The van der Waals surface area contributed by atoms with Crippen LogP contribution in [-0.4, -0.2) is 62.9 Å². The number of aromatic nitrogens is 2. The summed E-state index contributed by atoms with van der Waals surface area (Å²) in [5.74, 6) is 0.0852. The molecular weight excluding hydrogens is 400 g/mol. The number of hydrogen-bond acceptors (Lipinski definition) is 5. The van der Waals surface area contributed by atoms with Crippen molar-refractivity contribution in [1.82, 2.24) is 19.6 Å². The summed E-state index contributed by atoms with van der Waals surface area (Å²) in [7, 11) is 0. The molecule has 4 heterocycles. The number of carbonyl (C=O) groups is 2. The molecule has 5 rings (SSSR count). The van der Waals surface area contributed by atoms with Gasteiger partial charge >= 0.3 is 6.09 Å². The van der Waals surface area contributed by atoms with Gasteiger partial charge in [-0.05, 0) is 56.0 Å². The van der Waals surface area contributed by atoms with Crippen LogP contribution in [0.3, 0.4) is 0 Å². The third-order valence-corrected chi connectivity index (χ3v) is 7.62. The molecule has 1 aliphatic carbocycles. The Morgan fingerprint density at radius 2 is 2.00 bits per heavy atom. The van der Waals surface area contributed by atoms with Gasteiger partial charge in [-0.15, -0.1) is 11.3 Å². The van der Waals surface area contributed by atoms with Crippen molar-refractivity contribution < 1.29 is 14.3 Å². The minimum atomic E-state index is -0.247. The molecule has 2 aromatic rings. The fourth-order valence-electron chi connectivity index (χ4n) is 5.06. The quantitative estimate of drug-likeness (QED) is 0.744. The van der Waals surface area contributed by atoms with Crippen molar-refractivity contribution in [2.24, 2.45) is 0 Å². The second-order valence-electron chi connectivity index (χ2n) is 8.73. The summed E-state index contributed by atoms with van der Waals surface area (Å²) >= 11 is 1.64. The summed E-state index contributed by atoms with van der Waals surface area (Å²) in [5, 5.41) is 6.56. The van der Waals surface area contributed by atoms with Crippen molar-refractivity contribution in [2.75, 3.05) is 19.6 Å². The lowest BCUT2D eigenvalue weighted by atomic mass is 9.84. The average molecular weight is 429 g/mol. The van der Waals surface area contributed by atoms with E-state index >= 15 is 0 Å². The average Bonchev–Trinajstić information content (AvgIpc) is 3.50. The zero-order chi connectivity index (χ0) is 20.6. The monoisotopic (exact) mass is 428 g/mol. The first-order chi connectivity index (χ1) is 14.6. The van der Waals surface area contributed by atoms with E-state index in [4.69, 9.17) is 4.74 Å². The minimum absolute atomic E-state index is 0.0852. The number of carbonyl (C=O) groups excluding carboxylic acids is 2. The fraction of sp³-hybridized carbons (Fsp3) is 0.591. The Morgan fingerprint density at radius 1 is 1.20 bits per heavy atom. The molecular formula is C22H28N4O3S. The van der Waals surface area contributed by atoms with E-state index in [9.17, 15) is 9.59 Å². The number of nitrogens with zero attached hydrogens (tertiary/aromatic N) is 4. The smallest absolute Gasteiger partial charge is 0.410 e. The molecule has 8 heteroatoms. The highest BCUT2D eigenvalue weighted by molar-refractivity contribution is 7.13. The number of thiophene rings is 1. The standard InChI is InChI=1S/C22H28N4O3S/c27-20(15-25-13-8-18(23-25)19-5-4-14-30-19)24-11-6-17(7-12-24)26-16-22(29-21(26)28)9-2-1-3-10-22/h4-5,8,13-14,17H,1-3,6-7,9-12,15-16H2. The van der Waals surface area contributed by atoms with Gasteiger partial charge < -0.3 is 14.5 Å². The lowest BCUT2D eigenvalue weighted by Crippen LogP contribution is -2.48. The summed E-state index contributed by atoms with van der Waals surface area (Å²) in [5.41, 5.74) is 0.656. The van der Waals surface area contributed by atoms with E-state index in [0.29, 0.717) is 13.1 Å². The van der Waals surface area contributed by atoms with Crippen LogP contribution in [0.2, 0.25) is 0 Å². The highest BCUT2D eigenvalue weighted by Gasteiger charge is 2.48. The largest absolute Gasteiger partial charge is 0.441 e. The van der Waals surface area contributed by atoms with Gasteiger partial charge in [0.25, 0.3) is 0 Å². The molecule has 0 N–H and O–H groups in total. The lowest BCUT2D eigenvalue weighted by Gasteiger charge is -2.36. The zero-order valence-corrected chi connectivity index (χ0v) is 18.0. The number of likely N-dealkylation sites (tertiary alicyclic amines) is 1. The molecule has 7 nitrogen and oxygen atoms in total. The topological polar surface area (TPSA) is 67.7 Å². The molecule has 0 bridgehead atoms. The number of piperidine rings is 1. The van der Waals surface area contributed by atoms with Gasteiger partial charge in [0.15, 0.2) is 0 Å². The lowest BCUT2D eigenvalue weighted by molar-refractivity contribution is -0.133. The van der Waals surface area contributed by atoms with E-state index in [0.717, 1.165) is 55.6 Å².